The van der Waals surface area contributed by atoms with Crippen LogP contribution in [0.5, 0.6) is 0 Å². The van der Waals surface area contributed by atoms with Crippen molar-refractivity contribution in [2.75, 3.05) is 19.7 Å². The summed E-state index contributed by atoms with van der Waals surface area (Å²) in [6.07, 6.45) is 2.33. The first-order chi connectivity index (χ1) is 10.1. The van der Waals surface area contributed by atoms with E-state index >= 15 is 0 Å². The molecule has 0 radical (unpaired) electrons. The molecule has 1 heterocycles. The number of hydrogen-bond donors (Lipinski definition) is 1. The highest BCUT2D eigenvalue weighted by Crippen LogP contribution is 2.10. The predicted molar refractivity (Wildman–Crippen MR) is 76.6 cm³/mol. The van der Waals surface area contributed by atoms with Gasteiger partial charge in [-0.2, -0.15) is 0 Å². The Morgan fingerprint density at radius 3 is 2.67 bits per heavy atom. The van der Waals surface area contributed by atoms with Crippen molar-refractivity contribution in [2.45, 2.75) is 0 Å². The van der Waals surface area contributed by atoms with Crippen LogP contribution in [0.3, 0.4) is 0 Å². The van der Waals surface area contributed by atoms with Crippen LogP contribution >= 0.6 is 11.6 Å². The Balaban J connectivity index is 1.76. The van der Waals surface area contributed by atoms with Crippen LogP contribution in [0.2, 0.25) is 5.02 Å². The van der Waals surface area contributed by atoms with E-state index in [1.165, 1.54) is 6.08 Å². The number of cyclic esters (lactones) is 1. The highest BCUT2D eigenvalue weighted by molar-refractivity contribution is 6.30. The van der Waals surface area contributed by atoms with Gasteiger partial charge in [0.25, 0.3) is 5.91 Å². The third-order valence-corrected chi connectivity index (χ3v) is 3.02. The van der Waals surface area contributed by atoms with Gasteiger partial charge in [0.1, 0.15) is 0 Å². The second kappa shape index (κ2) is 6.90. The van der Waals surface area contributed by atoms with Crippen molar-refractivity contribution in [3.05, 3.63) is 40.9 Å². The van der Waals surface area contributed by atoms with Gasteiger partial charge in [-0.1, -0.05) is 23.7 Å². The summed E-state index contributed by atoms with van der Waals surface area (Å²) in [7, 11) is 0. The van der Waals surface area contributed by atoms with Gasteiger partial charge in [0.05, 0.1) is 0 Å². The minimum atomic E-state index is -0.675. The second-order valence-corrected chi connectivity index (χ2v) is 4.71. The van der Waals surface area contributed by atoms with Crippen molar-refractivity contribution in [1.29, 1.82) is 0 Å². The van der Waals surface area contributed by atoms with Gasteiger partial charge < -0.3 is 10.1 Å². The molecule has 2 rings (SSSR count). The molecule has 110 valence electrons. The molecule has 1 N–H and O–H groups in total. The van der Waals surface area contributed by atoms with Gasteiger partial charge in [-0.3, -0.25) is 9.59 Å². The first-order valence-corrected chi connectivity index (χ1v) is 6.62. The molecule has 0 bridgehead atoms. The van der Waals surface area contributed by atoms with Gasteiger partial charge in [-0.15, -0.1) is 0 Å². The van der Waals surface area contributed by atoms with E-state index in [1.54, 1.807) is 30.3 Å². The van der Waals surface area contributed by atoms with Gasteiger partial charge in [-0.25, -0.2) is 9.69 Å². The van der Waals surface area contributed by atoms with E-state index in [2.05, 4.69) is 10.1 Å². The summed E-state index contributed by atoms with van der Waals surface area (Å²) in [5.41, 5.74) is 0.841. The van der Waals surface area contributed by atoms with E-state index in [1.807, 2.05) is 0 Å². The van der Waals surface area contributed by atoms with Gasteiger partial charge in [0.15, 0.2) is 6.61 Å². The zero-order chi connectivity index (χ0) is 15.2. The van der Waals surface area contributed by atoms with Crippen molar-refractivity contribution < 1.29 is 19.1 Å². The molecule has 1 saturated heterocycles. The molecular formula is C14H13ClN2O4. The van der Waals surface area contributed by atoms with E-state index < -0.39 is 12.0 Å². The molecular weight excluding hydrogens is 296 g/mol. The van der Waals surface area contributed by atoms with Gasteiger partial charge in [0.2, 0.25) is 5.91 Å². The fourth-order valence-electron chi connectivity index (χ4n) is 1.69. The largest absolute Gasteiger partial charge is 0.439 e. The predicted octanol–water partition coefficient (Wildman–Crippen LogP) is 1.45. The first-order valence-electron chi connectivity index (χ1n) is 6.25. The number of benzene rings is 1. The molecule has 3 amide bonds. The Kier molecular flexibility index (Phi) is 4.94. The Morgan fingerprint density at radius 2 is 2.05 bits per heavy atom. The molecule has 0 unspecified atom stereocenters. The van der Waals surface area contributed by atoms with Gasteiger partial charge in [0, 0.05) is 24.2 Å². The summed E-state index contributed by atoms with van der Waals surface area (Å²) in [6, 6.07) is 7.02. The van der Waals surface area contributed by atoms with Crippen LogP contribution < -0.4 is 5.32 Å². The summed E-state index contributed by atoms with van der Waals surface area (Å²) in [4.78, 5) is 34.9. The van der Waals surface area contributed by atoms with Crippen LogP contribution in [0.25, 0.3) is 6.08 Å². The standard InChI is InChI=1S/C14H13ClN2O4/c15-11-4-1-10(2-5-11)3-6-12(18)16-7-8-17-13(19)9-21-14(17)20/h1-6H,7-9H2,(H,16,18). The molecule has 1 aromatic rings. The van der Waals surface area contributed by atoms with E-state index in [4.69, 9.17) is 11.6 Å². The summed E-state index contributed by atoms with van der Waals surface area (Å²) in [5.74, 6) is -0.712. The molecule has 0 atom stereocenters. The minimum absolute atomic E-state index is 0.0954. The monoisotopic (exact) mass is 308 g/mol. The first kappa shape index (κ1) is 15.1. The average Bonchev–Trinajstić information content (AvgIpc) is 2.78. The third kappa shape index (κ3) is 4.32. The Labute approximate surface area is 126 Å². The molecule has 21 heavy (non-hydrogen) atoms. The number of halogens is 1. The summed E-state index contributed by atoms with van der Waals surface area (Å²) in [5, 5.41) is 3.20. The van der Waals surface area contributed by atoms with Crippen LogP contribution in [0, 0.1) is 0 Å². The number of nitrogens with one attached hydrogen (secondary N) is 1. The number of amides is 3. The molecule has 1 fully saturated rings. The molecule has 1 aliphatic heterocycles. The zero-order valence-electron chi connectivity index (χ0n) is 11.0. The van der Waals surface area contributed by atoms with Crippen LogP contribution in [0.1, 0.15) is 5.56 Å². The number of hydrogen-bond acceptors (Lipinski definition) is 4. The molecule has 1 aliphatic rings. The molecule has 0 saturated carbocycles. The van der Waals surface area contributed by atoms with Crippen LogP contribution in [0.4, 0.5) is 4.79 Å². The maximum atomic E-state index is 11.6. The number of rotatable bonds is 5. The number of carbonyl (C=O) groups is 3. The number of imide groups is 1. The lowest BCUT2D eigenvalue weighted by molar-refractivity contribution is -0.126. The van der Waals surface area contributed by atoms with Gasteiger partial charge in [-0.05, 0) is 23.8 Å². The lowest BCUT2D eigenvalue weighted by Crippen LogP contribution is -2.37. The lowest BCUT2D eigenvalue weighted by atomic mass is 10.2. The molecule has 0 spiro atoms. The quantitative estimate of drug-likeness (QED) is 0.835. The van der Waals surface area contributed by atoms with Crippen LogP contribution in [-0.2, 0) is 14.3 Å². The molecule has 0 aromatic heterocycles. The smallest absolute Gasteiger partial charge is 0.417 e. The fourth-order valence-corrected chi connectivity index (χ4v) is 1.82. The van der Waals surface area contributed by atoms with E-state index in [0.29, 0.717) is 5.02 Å². The van der Waals surface area contributed by atoms with Crippen molar-refractivity contribution in [1.82, 2.24) is 10.2 Å². The van der Waals surface area contributed by atoms with Crippen LogP contribution in [0.15, 0.2) is 30.3 Å². The number of nitrogens with zero attached hydrogens (tertiary/aromatic N) is 1. The molecule has 0 aliphatic carbocycles. The summed E-state index contributed by atoms with van der Waals surface area (Å²) >= 11 is 5.76. The van der Waals surface area contributed by atoms with E-state index in [0.717, 1.165) is 10.5 Å². The highest BCUT2D eigenvalue weighted by Gasteiger charge is 2.30. The minimum Gasteiger partial charge on any atom is -0.439 e. The second-order valence-electron chi connectivity index (χ2n) is 4.28. The van der Waals surface area contributed by atoms with Crippen molar-refractivity contribution in [3.63, 3.8) is 0 Å². The maximum absolute atomic E-state index is 11.6. The van der Waals surface area contributed by atoms with Crippen molar-refractivity contribution in [2.24, 2.45) is 0 Å². The van der Waals surface area contributed by atoms with E-state index in [9.17, 15) is 14.4 Å². The third-order valence-electron chi connectivity index (χ3n) is 2.77. The average molecular weight is 309 g/mol. The number of carbonyl (C=O) groups excluding carboxylic acids is 3. The maximum Gasteiger partial charge on any atom is 0.417 e. The van der Waals surface area contributed by atoms with Crippen LogP contribution in [-0.4, -0.2) is 42.5 Å². The molecule has 7 heteroatoms. The molecule has 6 nitrogen and oxygen atoms in total. The van der Waals surface area contributed by atoms with Gasteiger partial charge >= 0.3 is 6.09 Å². The normalized spacial score (nSPS) is 14.6. The summed E-state index contributed by atoms with van der Waals surface area (Å²) < 4.78 is 4.55. The Hall–Kier alpha value is -2.34. The van der Waals surface area contributed by atoms with E-state index in [-0.39, 0.29) is 25.6 Å². The fraction of sp³-hybridized carbons (Fsp3) is 0.214. The van der Waals surface area contributed by atoms with Crippen molar-refractivity contribution >= 4 is 35.6 Å². The summed E-state index contributed by atoms with van der Waals surface area (Å²) in [6.45, 7) is 0.0338. The zero-order valence-corrected chi connectivity index (χ0v) is 11.8. The SMILES string of the molecule is O=C(C=Cc1ccc(Cl)cc1)NCCN1C(=O)COC1=O. The van der Waals surface area contributed by atoms with Crippen molar-refractivity contribution in [3.8, 4) is 0 Å². The number of ether oxygens (including phenoxy) is 1. The molecule has 1 aromatic carbocycles. The highest BCUT2D eigenvalue weighted by atomic mass is 35.5. The Bertz CT molecular complexity index is 567. The Morgan fingerprint density at radius 1 is 1.33 bits per heavy atom. The lowest BCUT2D eigenvalue weighted by Gasteiger charge is -2.10. The topological polar surface area (TPSA) is 75.7 Å².